The Morgan fingerprint density at radius 2 is 1.91 bits per heavy atom. The summed E-state index contributed by atoms with van der Waals surface area (Å²) in [5, 5.41) is 14.0. The maximum atomic E-state index is 10.0. The van der Waals surface area contributed by atoms with Crippen LogP contribution >= 0.6 is 11.6 Å². The van der Waals surface area contributed by atoms with E-state index in [-0.39, 0.29) is 12.6 Å². The topological polar surface area (TPSA) is 41.5 Å². The summed E-state index contributed by atoms with van der Waals surface area (Å²) in [6.07, 6.45) is -0.568. The molecule has 0 aromatic heterocycles. The van der Waals surface area contributed by atoms with E-state index in [0.717, 1.165) is 11.3 Å². The highest BCUT2D eigenvalue weighted by molar-refractivity contribution is 6.30. The number of hydrogen-bond donors (Lipinski definition) is 2. The van der Waals surface area contributed by atoms with E-state index in [4.69, 9.17) is 16.3 Å². The van der Waals surface area contributed by atoms with Gasteiger partial charge in [-0.3, -0.25) is 0 Å². The zero-order valence-corrected chi connectivity index (χ0v) is 13.7. The third kappa shape index (κ3) is 5.02. The van der Waals surface area contributed by atoms with Gasteiger partial charge in [-0.1, -0.05) is 41.9 Å². The highest BCUT2D eigenvalue weighted by Gasteiger charge is 2.10. The number of halogens is 1. The number of hydrogen-bond acceptors (Lipinski definition) is 3. The van der Waals surface area contributed by atoms with Crippen LogP contribution in [0, 0.1) is 6.92 Å². The number of aliphatic hydroxyl groups is 1. The monoisotopic (exact) mass is 319 g/mol. The van der Waals surface area contributed by atoms with Crippen LogP contribution in [0.5, 0.6) is 5.75 Å². The number of nitrogens with one attached hydrogen (secondary N) is 1. The molecule has 0 aliphatic heterocycles. The molecule has 2 aromatic carbocycles. The minimum Gasteiger partial charge on any atom is -0.491 e. The first kappa shape index (κ1) is 16.8. The van der Waals surface area contributed by atoms with Gasteiger partial charge in [0.05, 0.1) is 0 Å². The maximum Gasteiger partial charge on any atom is 0.122 e. The van der Waals surface area contributed by atoms with Crippen molar-refractivity contribution in [2.45, 2.75) is 26.0 Å². The van der Waals surface area contributed by atoms with E-state index < -0.39 is 6.10 Å². The van der Waals surface area contributed by atoms with Crippen molar-refractivity contribution in [1.29, 1.82) is 0 Å². The Bertz CT molecular complexity index is 589. The van der Waals surface area contributed by atoms with E-state index in [1.165, 1.54) is 5.56 Å². The van der Waals surface area contributed by atoms with Crippen LogP contribution in [-0.2, 0) is 0 Å². The first-order valence-corrected chi connectivity index (χ1v) is 7.79. The molecule has 0 saturated heterocycles. The van der Waals surface area contributed by atoms with E-state index in [1.807, 2.05) is 37.3 Å². The molecule has 0 saturated carbocycles. The Hall–Kier alpha value is -1.55. The molecule has 0 unspecified atom stereocenters. The van der Waals surface area contributed by atoms with Crippen LogP contribution in [-0.4, -0.2) is 24.4 Å². The average Bonchev–Trinajstić information content (AvgIpc) is 2.52. The number of rotatable bonds is 7. The largest absolute Gasteiger partial charge is 0.491 e. The van der Waals surface area contributed by atoms with Gasteiger partial charge in [-0.2, -0.15) is 0 Å². The van der Waals surface area contributed by atoms with Crippen molar-refractivity contribution in [3.63, 3.8) is 0 Å². The van der Waals surface area contributed by atoms with Gasteiger partial charge in [0.25, 0.3) is 0 Å². The van der Waals surface area contributed by atoms with E-state index in [9.17, 15) is 5.11 Å². The number of ether oxygens (including phenoxy) is 1. The first-order valence-electron chi connectivity index (χ1n) is 7.41. The fourth-order valence-corrected chi connectivity index (χ4v) is 2.42. The molecule has 2 atom stereocenters. The van der Waals surface area contributed by atoms with E-state index in [1.54, 1.807) is 6.07 Å². The van der Waals surface area contributed by atoms with E-state index in [0.29, 0.717) is 11.6 Å². The van der Waals surface area contributed by atoms with Crippen LogP contribution in [0.25, 0.3) is 0 Å². The first-order chi connectivity index (χ1) is 10.6. The molecule has 0 heterocycles. The van der Waals surface area contributed by atoms with Crippen molar-refractivity contribution in [1.82, 2.24) is 5.32 Å². The van der Waals surface area contributed by atoms with Crippen LogP contribution in [0.4, 0.5) is 0 Å². The molecule has 0 aliphatic carbocycles. The second-order valence-corrected chi connectivity index (χ2v) is 5.85. The van der Waals surface area contributed by atoms with Gasteiger partial charge < -0.3 is 15.2 Å². The second-order valence-electron chi connectivity index (χ2n) is 5.42. The van der Waals surface area contributed by atoms with Crippen molar-refractivity contribution >= 4 is 11.6 Å². The van der Waals surface area contributed by atoms with Gasteiger partial charge in [0.15, 0.2) is 0 Å². The Morgan fingerprint density at radius 3 is 2.59 bits per heavy atom. The lowest BCUT2D eigenvalue weighted by Gasteiger charge is -2.18. The maximum absolute atomic E-state index is 10.0. The van der Waals surface area contributed by atoms with Crippen molar-refractivity contribution in [2.24, 2.45) is 0 Å². The fraction of sp³-hybridized carbons (Fsp3) is 0.333. The molecule has 2 rings (SSSR count). The molecule has 0 amide bonds. The third-order valence-electron chi connectivity index (χ3n) is 3.53. The van der Waals surface area contributed by atoms with Gasteiger partial charge >= 0.3 is 0 Å². The lowest BCUT2D eigenvalue weighted by molar-refractivity contribution is 0.104. The van der Waals surface area contributed by atoms with Gasteiger partial charge in [-0.05, 0) is 43.2 Å². The lowest BCUT2D eigenvalue weighted by Crippen LogP contribution is -2.33. The van der Waals surface area contributed by atoms with Crippen LogP contribution < -0.4 is 10.1 Å². The van der Waals surface area contributed by atoms with Gasteiger partial charge in [-0.25, -0.2) is 0 Å². The predicted octanol–water partition coefficient (Wildman–Crippen LogP) is 3.74. The normalized spacial score (nSPS) is 13.6. The van der Waals surface area contributed by atoms with E-state index >= 15 is 0 Å². The summed E-state index contributed by atoms with van der Waals surface area (Å²) in [7, 11) is 0. The molecule has 0 bridgehead atoms. The molecule has 4 heteroatoms. The van der Waals surface area contributed by atoms with Crippen molar-refractivity contribution in [3.05, 3.63) is 64.7 Å². The highest BCUT2D eigenvalue weighted by atomic mass is 35.5. The molecule has 3 nitrogen and oxygen atoms in total. The second kappa shape index (κ2) is 8.18. The van der Waals surface area contributed by atoms with Crippen molar-refractivity contribution < 1.29 is 9.84 Å². The summed E-state index contributed by atoms with van der Waals surface area (Å²) in [4.78, 5) is 0. The van der Waals surface area contributed by atoms with E-state index in [2.05, 4.69) is 24.4 Å². The lowest BCUT2D eigenvalue weighted by atomic mass is 10.1. The van der Waals surface area contributed by atoms with Gasteiger partial charge in [0.1, 0.15) is 18.5 Å². The Kier molecular flexibility index (Phi) is 6.25. The van der Waals surface area contributed by atoms with Crippen LogP contribution in [0.15, 0.2) is 48.5 Å². The minimum absolute atomic E-state index is 0.188. The Balaban J connectivity index is 1.77. The molecular weight excluding hydrogens is 298 g/mol. The number of benzene rings is 2. The van der Waals surface area contributed by atoms with Gasteiger partial charge in [-0.15, -0.1) is 0 Å². The smallest absolute Gasteiger partial charge is 0.122 e. The van der Waals surface area contributed by atoms with Crippen LogP contribution in [0.2, 0.25) is 5.02 Å². The Labute approximate surface area is 136 Å². The quantitative estimate of drug-likeness (QED) is 0.817. The average molecular weight is 320 g/mol. The third-order valence-corrected chi connectivity index (χ3v) is 3.76. The van der Waals surface area contributed by atoms with Gasteiger partial charge in [0.2, 0.25) is 0 Å². The SMILES string of the molecule is Cc1cc(Cl)ccc1OC[C@H](O)CN[C@@H](C)c1ccccc1. The van der Waals surface area contributed by atoms with Crippen molar-refractivity contribution in [3.8, 4) is 5.75 Å². The summed E-state index contributed by atoms with van der Waals surface area (Å²) in [6.45, 7) is 4.73. The predicted molar refractivity (Wildman–Crippen MR) is 90.6 cm³/mol. The molecule has 118 valence electrons. The summed E-state index contributed by atoms with van der Waals surface area (Å²) in [6, 6.07) is 15.8. The molecule has 0 spiro atoms. The zero-order chi connectivity index (χ0) is 15.9. The molecule has 22 heavy (non-hydrogen) atoms. The summed E-state index contributed by atoms with van der Waals surface area (Å²) in [5.74, 6) is 0.750. The Morgan fingerprint density at radius 1 is 1.18 bits per heavy atom. The molecule has 2 aromatic rings. The molecule has 0 fully saturated rings. The zero-order valence-electron chi connectivity index (χ0n) is 12.9. The highest BCUT2D eigenvalue weighted by Crippen LogP contribution is 2.21. The fourth-order valence-electron chi connectivity index (χ4n) is 2.19. The number of aryl methyl sites for hydroxylation is 1. The molecule has 0 radical (unpaired) electrons. The molecule has 0 aliphatic rings. The summed E-state index contributed by atoms with van der Waals surface area (Å²) in [5.41, 5.74) is 2.16. The summed E-state index contributed by atoms with van der Waals surface area (Å²) >= 11 is 5.91. The van der Waals surface area contributed by atoms with Crippen LogP contribution in [0.1, 0.15) is 24.1 Å². The standard InChI is InChI=1S/C18H22ClNO2/c1-13-10-16(19)8-9-18(13)22-12-17(21)11-20-14(2)15-6-4-3-5-7-15/h3-10,14,17,20-21H,11-12H2,1-2H3/t14-,17+/m0/s1. The summed E-state index contributed by atoms with van der Waals surface area (Å²) < 4.78 is 5.64. The minimum atomic E-state index is -0.568. The molecule has 2 N–H and O–H groups in total. The van der Waals surface area contributed by atoms with Crippen molar-refractivity contribution in [2.75, 3.05) is 13.2 Å². The van der Waals surface area contributed by atoms with Gasteiger partial charge in [0, 0.05) is 17.6 Å². The van der Waals surface area contributed by atoms with Crippen LogP contribution in [0.3, 0.4) is 0 Å². The molecular formula is C18H22ClNO2. The number of aliphatic hydroxyl groups excluding tert-OH is 1.